The normalized spacial score (nSPS) is 11.3. The van der Waals surface area contributed by atoms with E-state index in [0.29, 0.717) is 33.7 Å². The van der Waals surface area contributed by atoms with Crippen LogP contribution in [0.3, 0.4) is 0 Å². The van der Waals surface area contributed by atoms with Gasteiger partial charge in [0, 0.05) is 34.5 Å². The zero-order valence-electron chi connectivity index (χ0n) is 18.6. The molecule has 0 saturated heterocycles. The van der Waals surface area contributed by atoms with Crippen LogP contribution in [0.4, 0.5) is 11.4 Å². The van der Waals surface area contributed by atoms with Crippen LogP contribution < -0.4 is 4.72 Å². The van der Waals surface area contributed by atoms with E-state index in [1.54, 1.807) is 54.6 Å². The standard InChI is InChI=1S/C26H18N4O5S/c31-25(17-4-2-1-3-5-17)19-8-15-23-24(16-19)28-26(27-23)18-6-9-20(10-7-18)29-36(34,35)22-13-11-21(12-14-22)30(32)33/h1-16,29H,(H,27,28). The van der Waals surface area contributed by atoms with Crippen molar-refractivity contribution in [2.75, 3.05) is 4.72 Å². The van der Waals surface area contributed by atoms with E-state index in [1.807, 2.05) is 18.2 Å². The van der Waals surface area contributed by atoms with Gasteiger partial charge in [0.1, 0.15) is 5.82 Å². The Morgan fingerprint density at radius 2 is 1.56 bits per heavy atom. The summed E-state index contributed by atoms with van der Waals surface area (Å²) in [5.41, 5.74) is 3.39. The molecule has 0 spiro atoms. The van der Waals surface area contributed by atoms with E-state index in [9.17, 15) is 23.3 Å². The minimum atomic E-state index is -3.92. The second-order valence-electron chi connectivity index (χ2n) is 7.95. The molecule has 1 heterocycles. The molecule has 5 aromatic rings. The van der Waals surface area contributed by atoms with Crippen LogP contribution in [0.5, 0.6) is 0 Å². The number of nitrogens with zero attached hydrogens (tertiary/aromatic N) is 2. The minimum Gasteiger partial charge on any atom is -0.338 e. The summed E-state index contributed by atoms with van der Waals surface area (Å²) in [5, 5.41) is 10.8. The third-order valence-corrected chi connectivity index (χ3v) is 6.95. The molecular formula is C26H18N4O5S. The van der Waals surface area contributed by atoms with Gasteiger partial charge < -0.3 is 4.98 Å². The first kappa shape index (κ1) is 22.9. The van der Waals surface area contributed by atoms with Crippen LogP contribution in [-0.4, -0.2) is 29.1 Å². The molecule has 178 valence electrons. The van der Waals surface area contributed by atoms with E-state index in [4.69, 9.17) is 0 Å². The first-order valence-electron chi connectivity index (χ1n) is 10.8. The smallest absolute Gasteiger partial charge is 0.269 e. The third-order valence-electron chi connectivity index (χ3n) is 5.55. The number of carbonyl (C=O) groups is 1. The summed E-state index contributed by atoms with van der Waals surface area (Å²) < 4.78 is 27.7. The SMILES string of the molecule is O=C(c1ccccc1)c1ccc2nc(-c3ccc(NS(=O)(=O)c4ccc([N+](=O)[O-])cc4)cc3)[nH]c2c1. The lowest BCUT2D eigenvalue weighted by Gasteiger charge is -2.08. The molecule has 10 heteroatoms. The fourth-order valence-corrected chi connectivity index (χ4v) is 4.76. The van der Waals surface area contributed by atoms with Gasteiger partial charge in [-0.25, -0.2) is 13.4 Å². The molecule has 0 amide bonds. The topological polar surface area (TPSA) is 135 Å². The summed E-state index contributed by atoms with van der Waals surface area (Å²) >= 11 is 0. The van der Waals surface area contributed by atoms with Crippen LogP contribution >= 0.6 is 0 Å². The Balaban J connectivity index is 1.35. The number of rotatable bonds is 7. The van der Waals surface area contributed by atoms with E-state index in [0.717, 1.165) is 17.7 Å². The number of carbonyl (C=O) groups excluding carboxylic acids is 1. The maximum Gasteiger partial charge on any atom is 0.269 e. The maximum absolute atomic E-state index is 12.7. The van der Waals surface area contributed by atoms with E-state index in [1.165, 1.54) is 12.1 Å². The number of anilines is 1. The van der Waals surface area contributed by atoms with Crippen molar-refractivity contribution in [3.8, 4) is 11.4 Å². The van der Waals surface area contributed by atoms with Crippen LogP contribution in [0.1, 0.15) is 15.9 Å². The first-order chi connectivity index (χ1) is 17.3. The van der Waals surface area contributed by atoms with E-state index < -0.39 is 14.9 Å². The molecular weight excluding hydrogens is 480 g/mol. The van der Waals surface area contributed by atoms with Crippen molar-refractivity contribution in [3.63, 3.8) is 0 Å². The number of imidazole rings is 1. The fraction of sp³-hybridized carbons (Fsp3) is 0. The number of H-pyrrole nitrogens is 1. The molecule has 0 unspecified atom stereocenters. The highest BCUT2D eigenvalue weighted by atomic mass is 32.2. The summed E-state index contributed by atoms with van der Waals surface area (Å²) in [6, 6.07) is 25.5. The number of fused-ring (bicyclic) bond motifs is 1. The van der Waals surface area contributed by atoms with Gasteiger partial charge in [-0.3, -0.25) is 19.6 Å². The Hall–Kier alpha value is -4.83. The van der Waals surface area contributed by atoms with Gasteiger partial charge in [0.15, 0.2) is 5.78 Å². The van der Waals surface area contributed by atoms with Crippen molar-refractivity contribution < 1.29 is 18.1 Å². The van der Waals surface area contributed by atoms with Crippen LogP contribution in [-0.2, 0) is 10.0 Å². The van der Waals surface area contributed by atoms with Gasteiger partial charge in [0.25, 0.3) is 15.7 Å². The average Bonchev–Trinajstić information content (AvgIpc) is 3.32. The lowest BCUT2D eigenvalue weighted by molar-refractivity contribution is -0.384. The van der Waals surface area contributed by atoms with Crippen molar-refractivity contribution >= 4 is 38.2 Å². The number of hydrogen-bond donors (Lipinski definition) is 2. The van der Waals surface area contributed by atoms with Crippen molar-refractivity contribution in [1.82, 2.24) is 9.97 Å². The number of benzene rings is 4. The second-order valence-corrected chi connectivity index (χ2v) is 9.63. The highest BCUT2D eigenvalue weighted by Gasteiger charge is 2.17. The molecule has 1 aromatic heterocycles. The summed E-state index contributed by atoms with van der Waals surface area (Å²) in [7, 11) is -3.92. The molecule has 9 nitrogen and oxygen atoms in total. The minimum absolute atomic E-state index is 0.0849. The van der Waals surface area contributed by atoms with Crippen molar-refractivity contribution in [2.24, 2.45) is 0 Å². The predicted molar refractivity (Wildman–Crippen MR) is 135 cm³/mol. The highest BCUT2D eigenvalue weighted by Crippen LogP contribution is 2.25. The monoisotopic (exact) mass is 498 g/mol. The van der Waals surface area contributed by atoms with Crippen LogP contribution in [0, 0.1) is 10.1 Å². The molecule has 0 fully saturated rings. The molecule has 0 bridgehead atoms. The van der Waals surface area contributed by atoms with Gasteiger partial charge >= 0.3 is 0 Å². The molecule has 4 aromatic carbocycles. The van der Waals surface area contributed by atoms with Gasteiger partial charge in [0.05, 0.1) is 20.9 Å². The average molecular weight is 499 g/mol. The van der Waals surface area contributed by atoms with Gasteiger partial charge in [-0.15, -0.1) is 0 Å². The van der Waals surface area contributed by atoms with Gasteiger partial charge in [-0.1, -0.05) is 30.3 Å². The second kappa shape index (κ2) is 9.08. The Kier molecular flexibility index (Phi) is 5.79. The molecule has 0 aliphatic heterocycles. The third kappa shape index (κ3) is 4.57. The summed E-state index contributed by atoms with van der Waals surface area (Å²) in [4.78, 5) is 30.6. The van der Waals surface area contributed by atoms with Crippen LogP contribution in [0.15, 0.2) is 102 Å². The molecule has 0 radical (unpaired) electrons. The number of nitro groups is 1. The zero-order chi connectivity index (χ0) is 25.3. The molecule has 36 heavy (non-hydrogen) atoms. The summed E-state index contributed by atoms with van der Waals surface area (Å²) in [5.74, 6) is 0.484. The van der Waals surface area contributed by atoms with E-state index in [2.05, 4.69) is 14.7 Å². The number of non-ortho nitro benzene ring substituents is 1. The van der Waals surface area contributed by atoms with Gasteiger partial charge in [-0.05, 0) is 54.6 Å². The molecule has 2 N–H and O–H groups in total. The lowest BCUT2D eigenvalue weighted by atomic mass is 10.0. The molecule has 0 atom stereocenters. The number of aromatic nitrogens is 2. The van der Waals surface area contributed by atoms with Crippen molar-refractivity contribution in [1.29, 1.82) is 0 Å². The predicted octanol–water partition coefficient (Wildman–Crippen LogP) is 5.17. The first-order valence-corrected chi connectivity index (χ1v) is 12.3. The summed E-state index contributed by atoms with van der Waals surface area (Å²) in [6.45, 7) is 0. The molecule has 0 saturated carbocycles. The van der Waals surface area contributed by atoms with Gasteiger partial charge in [-0.2, -0.15) is 0 Å². The van der Waals surface area contributed by atoms with Crippen LogP contribution in [0.25, 0.3) is 22.4 Å². The Morgan fingerprint density at radius 1 is 0.861 bits per heavy atom. The number of ketones is 1. The number of sulfonamides is 1. The Morgan fingerprint density at radius 3 is 2.22 bits per heavy atom. The van der Waals surface area contributed by atoms with E-state index >= 15 is 0 Å². The molecule has 5 rings (SSSR count). The Bertz CT molecular complexity index is 1700. The largest absolute Gasteiger partial charge is 0.338 e. The van der Waals surface area contributed by atoms with Crippen LogP contribution in [0.2, 0.25) is 0 Å². The number of nitrogens with one attached hydrogen (secondary N) is 2. The quantitative estimate of drug-likeness (QED) is 0.181. The highest BCUT2D eigenvalue weighted by molar-refractivity contribution is 7.92. The number of hydrogen-bond acceptors (Lipinski definition) is 6. The Labute approximate surface area is 205 Å². The van der Waals surface area contributed by atoms with Gasteiger partial charge in [0.2, 0.25) is 0 Å². The zero-order valence-corrected chi connectivity index (χ0v) is 19.4. The molecule has 0 aliphatic rings. The number of aromatic amines is 1. The molecule has 0 aliphatic carbocycles. The van der Waals surface area contributed by atoms with Crippen molar-refractivity contribution in [2.45, 2.75) is 4.90 Å². The van der Waals surface area contributed by atoms with Crippen molar-refractivity contribution in [3.05, 3.63) is 118 Å². The number of nitro benzene ring substituents is 1. The van der Waals surface area contributed by atoms with E-state index in [-0.39, 0.29) is 16.4 Å². The maximum atomic E-state index is 12.7. The fourth-order valence-electron chi connectivity index (χ4n) is 3.70. The lowest BCUT2D eigenvalue weighted by Crippen LogP contribution is -2.12. The summed E-state index contributed by atoms with van der Waals surface area (Å²) in [6.07, 6.45) is 0.